The Kier molecular flexibility index (Phi) is 3.18. The first kappa shape index (κ1) is 10.2. The zero-order valence-electron chi connectivity index (χ0n) is 6.48. The molecule has 1 heterocycles. The summed E-state index contributed by atoms with van der Waals surface area (Å²) in [5.74, 6) is 0.578. The fourth-order valence-corrected chi connectivity index (χ4v) is 3.96. The molecule has 0 bridgehead atoms. The largest absolute Gasteiger partial charge is 0.141 e. The molecule has 13 heavy (non-hydrogen) atoms. The van der Waals surface area contributed by atoms with E-state index in [2.05, 4.69) is 56.0 Å². The topological polar surface area (TPSA) is 0 Å². The van der Waals surface area contributed by atoms with E-state index in [0.29, 0.717) is 5.88 Å². The number of hydrogen-bond acceptors (Lipinski definition) is 1. The summed E-state index contributed by atoms with van der Waals surface area (Å²) in [5, 5.41) is 3.39. The highest BCUT2D eigenvalue weighted by atomic mass is 127. The molecule has 0 aliphatic heterocycles. The number of alkyl halides is 1. The first-order valence-electron chi connectivity index (χ1n) is 3.63. The van der Waals surface area contributed by atoms with Gasteiger partial charge < -0.3 is 0 Å². The molecule has 0 saturated carbocycles. The maximum absolute atomic E-state index is 5.80. The van der Waals surface area contributed by atoms with Crippen molar-refractivity contribution >= 4 is 71.5 Å². The fourth-order valence-electron chi connectivity index (χ4n) is 1.20. The zero-order valence-corrected chi connectivity index (χ0v) is 11.8. The van der Waals surface area contributed by atoms with Crippen LogP contribution in [0.15, 0.2) is 22.0 Å². The van der Waals surface area contributed by atoms with E-state index in [1.165, 1.54) is 19.2 Å². The third kappa shape index (κ3) is 1.89. The average molecular weight is 387 g/mol. The van der Waals surface area contributed by atoms with Crippen LogP contribution in [0.4, 0.5) is 0 Å². The van der Waals surface area contributed by atoms with Crippen LogP contribution in [0.5, 0.6) is 0 Å². The SMILES string of the molecule is ClCc1cc(I)c2scc(Br)c2c1. The van der Waals surface area contributed by atoms with Crippen molar-refractivity contribution < 1.29 is 0 Å². The zero-order chi connectivity index (χ0) is 9.42. The van der Waals surface area contributed by atoms with Crippen LogP contribution in [-0.2, 0) is 5.88 Å². The predicted molar refractivity (Wildman–Crippen MR) is 71.8 cm³/mol. The maximum Gasteiger partial charge on any atom is 0.0488 e. The molecule has 0 nitrogen and oxygen atoms in total. The highest BCUT2D eigenvalue weighted by Gasteiger charge is 2.06. The second-order valence-electron chi connectivity index (χ2n) is 2.67. The van der Waals surface area contributed by atoms with Gasteiger partial charge in [-0.25, -0.2) is 0 Å². The molecule has 0 N–H and O–H groups in total. The number of halogens is 3. The number of benzene rings is 1. The predicted octanol–water partition coefficient (Wildman–Crippen LogP) is 5.01. The first-order chi connectivity index (χ1) is 6.22. The Labute approximate surface area is 108 Å². The van der Waals surface area contributed by atoms with E-state index in [9.17, 15) is 0 Å². The van der Waals surface area contributed by atoms with Crippen molar-refractivity contribution in [3.05, 3.63) is 31.1 Å². The lowest BCUT2D eigenvalue weighted by Gasteiger charge is -1.99. The van der Waals surface area contributed by atoms with Gasteiger partial charge in [0.1, 0.15) is 0 Å². The van der Waals surface area contributed by atoms with Gasteiger partial charge in [0.15, 0.2) is 0 Å². The summed E-state index contributed by atoms with van der Waals surface area (Å²) in [6.45, 7) is 0. The monoisotopic (exact) mass is 386 g/mol. The van der Waals surface area contributed by atoms with Crippen LogP contribution in [-0.4, -0.2) is 0 Å². The van der Waals surface area contributed by atoms with Gasteiger partial charge in [-0.2, -0.15) is 0 Å². The lowest BCUT2D eigenvalue weighted by atomic mass is 10.2. The molecule has 68 valence electrons. The van der Waals surface area contributed by atoms with Crippen molar-refractivity contribution in [1.82, 2.24) is 0 Å². The molecule has 2 rings (SSSR count). The lowest BCUT2D eigenvalue weighted by Crippen LogP contribution is -1.80. The van der Waals surface area contributed by atoms with Crippen molar-refractivity contribution in [3.63, 3.8) is 0 Å². The van der Waals surface area contributed by atoms with E-state index in [1.54, 1.807) is 11.3 Å². The van der Waals surface area contributed by atoms with Gasteiger partial charge in [0, 0.05) is 29.4 Å². The van der Waals surface area contributed by atoms with Gasteiger partial charge >= 0.3 is 0 Å². The molecule has 0 unspecified atom stereocenters. The third-order valence-corrected chi connectivity index (χ3v) is 5.31. The minimum atomic E-state index is 0.578. The molecule has 1 aromatic carbocycles. The molecule has 0 aliphatic rings. The molecule has 0 aliphatic carbocycles. The van der Waals surface area contributed by atoms with Gasteiger partial charge in [-0.15, -0.1) is 22.9 Å². The highest BCUT2D eigenvalue weighted by molar-refractivity contribution is 14.1. The second kappa shape index (κ2) is 4.04. The summed E-state index contributed by atoms with van der Waals surface area (Å²) < 4.78 is 3.78. The molecule has 0 spiro atoms. The Bertz CT molecular complexity index is 452. The van der Waals surface area contributed by atoms with E-state index in [1.807, 2.05) is 0 Å². The molecule has 0 fully saturated rings. The quantitative estimate of drug-likeness (QED) is 0.477. The Morgan fingerprint density at radius 2 is 2.23 bits per heavy atom. The van der Waals surface area contributed by atoms with E-state index in [-0.39, 0.29) is 0 Å². The Morgan fingerprint density at radius 3 is 2.92 bits per heavy atom. The summed E-state index contributed by atoms with van der Waals surface area (Å²) in [6, 6.07) is 4.28. The Hall–Kier alpha value is 0.680. The van der Waals surface area contributed by atoms with Crippen LogP contribution >= 0.6 is 61.5 Å². The normalized spacial score (nSPS) is 11.0. The Balaban J connectivity index is 2.80. The molecular weight excluding hydrogens is 382 g/mol. The van der Waals surface area contributed by atoms with Gasteiger partial charge in [0.25, 0.3) is 0 Å². The first-order valence-corrected chi connectivity index (χ1v) is 6.92. The fraction of sp³-hybridized carbons (Fsp3) is 0.111. The van der Waals surface area contributed by atoms with Crippen molar-refractivity contribution in [1.29, 1.82) is 0 Å². The summed E-state index contributed by atoms with van der Waals surface area (Å²) >= 11 is 13.4. The van der Waals surface area contributed by atoms with E-state index in [0.717, 1.165) is 4.47 Å². The Morgan fingerprint density at radius 1 is 1.46 bits per heavy atom. The molecule has 0 saturated heterocycles. The summed E-state index contributed by atoms with van der Waals surface area (Å²) in [5.41, 5.74) is 1.18. The number of thiophene rings is 1. The van der Waals surface area contributed by atoms with Crippen molar-refractivity contribution in [2.24, 2.45) is 0 Å². The maximum atomic E-state index is 5.80. The van der Waals surface area contributed by atoms with Crippen molar-refractivity contribution in [3.8, 4) is 0 Å². The lowest BCUT2D eigenvalue weighted by molar-refractivity contribution is 1.42. The number of hydrogen-bond donors (Lipinski definition) is 0. The van der Waals surface area contributed by atoms with Crippen LogP contribution in [0.1, 0.15) is 5.56 Å². The highest BCUT2D eigenvalue weighted by Crippen LogP contribution is 2.34. The molecule has 0 radical (unpaired) electrons. The summed E-state index contributed by atoms with van der Waals surface area (Å²) in [7, 11) is 0. The van der Waals surface area contributed by atoms with E-state index < -0.39 is 0 Å². The van der Waals surface area contributed by atoms with Crippen LogP contribution in [0.2, 0.25) is 0 Å². The van der Waals surface area contributed by atoms with Gasteiger partial charge in [0.2, 0.25) is 0 Å². The molecule has 0 atom stereocenters. The molecule has 4 heteroatoms. The van der Waals surface area contributed by atoms with Crippen LogP contribution in [0.25, 0.3) is 10.1 Å². The number of fused-ring (bicyclic) bond motifs is 1. The van der Waals surface area contributed by atoms with E-state index >= 15 is 0 Å². The van der Waals surface area contributed by atoms with Crippen molar-refractivity contribution in [2.75, 3.05) is 0 Å². The minimum absolute atomic E-state index is 0.578. The minimum Gasteiger partial charge on any atom is -0.141 e. The summed E-state index contributed by atoms with van der Waals surface area (Å²) in [6.07, 6.45) is 0. The standard InChI is InChI=1S/C9H5BrClIS/c10-7-4-13-9-6(7)1-5(3-11)2-8(9)12/h1-2,4H,3H2. The average Bonchev–Trinajstić information content (AvgIpc) is 2.48. The van der Waals surface area contributed by atoms with Gasteiger partial charge in [-0.1, -0.05) is 0 Å². The van der Waals surface area contributed by atoms with Gasteiger partial charge in [0.05, 0.1) is 0 Å². The molecule has 1 aromatic heterocycles. The molecule has 0 amide bonds. The van der Waals surface area contributed by atoms with Crippen molar-refractivity contribution in [2.45, 2.75) is 5.88 Å². The number of rotatable bonds is 1. The van der Waals surface area contributed by atoms with Crippen LogP contribution < -0.4 is 0 Å². The third-order valence-electron chi connectivity index (χ3n) is 1.80. The van der Waals surface area contributed by atoms with Gasteiger partial charge in [-0.05, 0) is 56.2 Å². The summed E-state index contributed by atoms with van der Waals surface area (Å²) in [4.78, 5) is 0. The van der Waals surface area contributed by atoms with E-state index in [4.69, 9.17) is 11.6 Å². The van der Waals surface area contributed by atoms with Crippen LogP contribution in [0, 0.1) is 3.57 Å². The molecule has 2 aromatic rings. The molecular formula is C9H5BrClIS. The van der Waals surface area contributed by atoms with Gasteiger partial charge in [-0.3, -0.25) is 0 Å². The smallest absolute Gasteiger partial charge is 0.0488 e. The second-order valence-corrected chi connectivity index (χ2v) is 5.84. The van der Waals surface area contributed by atoms with Crippen LogP contribution in [0.3, 0.4) is 0 Å².